The first-order valence-corrected chi connectivity index (χ1v) is 6.69. The lowest BCUT2D eigenvalue weighted by atomic mass is 9.92. The number of furan rings is 1. The highest BCUT2D eigenvalue weighted by Crippen LogP contribution is 2.25. The van der Waals surface area contributed by atoms with Gasteiger partial charge in [0.05, 0.1) is 12.2 Å². The van der Waals surface area contributed by atoms with E-state index in [9.17, 15) is 4.79 Å². The zero-order chi connectivity index (χ0) is 13.2. The molecule has 0 fully saturated rings. The Hall–Kier alpha value is -1.88. The summed E-state index contributed by atoms with van der Waals surface area (Å²) in [4.78, 5) is 12.3. The number of hydrogen-bond donors (Lipinski definition) is 1. The van der Waals surface area contributed by atoms with Crippen molar-refractivity contribution >= 4 is 27.4 Å². The average Bonchev–Trinajstić information content (AvgIpc) is 3.09. The largest absolute Gasteiger partial charge is 0.461 e. The summed E-state index contributed by atoms with van der Waals surface area (Å²) in [6, 6.07) is 11.3. The molecular formula is C14H11BrN2O2. The fraction of sp³-hybridized carbons (Fsp3) is 0.143. The summed E-state index contributed by atoms with van der Waals surface area (Å²) in [5.41, 5.74) is 4.44. The van der Waals surface area contributed by atoms with E-state index >= 15 is 0 Å². The molecule has 3 rings (SSSR count). The van der Waals surface area contributed by atoms with Crippen molar-refractivity contribution in [1.82, 2.24) is 5.43 Å². The van der Waals surface area contributed by atoms with E-state index in [-0.39, 0.29) is 11.7 Å². The molecule has 1 aliphatic rings. The fourth-order valence-corrected chi connectivity index (χ4v) is 2.56. The van der Waals surface area contributed by atoms with Crippen LogP contribution in [-0.2, 0) is 0 Å². The normalized spacial score (nSPS) is 17.9. The zero-order valence-electron chi connectivity index (χ0n) is 9.97. The van der Waals surface area contributed by atoms with Crippen LogP contribution in [0.25, 0.3) is 0 Å². The van der Waals surface area contributed by atoms with Crippen molar-refractivity contribution in [2.24, 2.45) is 5.10 Å². The monoisotopic (exact) mass is 318 g/mol. The van der Waals surface area contributed by atoms with Crippen molar-refractivity contribution in [1.29, 1.82) is 0 Å². The van der Waals surface area contributed by atoms with Crippen molar-refractivity contribution in [3.8, 4) is 0 Å². The molecule has 96 valence electrons. The molecule has 2 heterocycles. The molecule has 1 aromatic carbocycles. The summed E-state index contributed by atoms with van der Waals surface area (Å²) >= 11 is 3.44. The van der Waals surface area contributed by atoms with Crippen LogP contribution < -0.4 is 5.43 Å². The molecule has 1 aliphatic heterocycles. The molecule has 1 N–H and O–H groups in total. The summed E-state index contributed by atoms with van der Waals surface area (Å²) in [7, 11) is 0. The molecule has 1 unspecified atom stereocenters. The maximum atomic E-state index is 12.3. The van der Waals surface area contributed by atoms with Gasteiger partial charge in [0.25, 0.3) is 0 Å². The minimum Gasteiger partial charge on any atom is -0.461 e. The van der Waals surface area contributed by atoms with Crippen LogP contribution >= 0.6 is 15.9 Å². The molecule has 4 nitrogen and oxygen atoms in total. The Bertz CT molecular complexity index is 635. The number of carbonyl (C=O) groups excluding carboxylic acids is 1. The second-order valence-electron chi connectivity index (χ2n) is 4.27. The van der Waals surface area contributed by atoms with Crippen LogP contribution in [0.4, 0.5) is 0 Å². The summed E-state index contributed by atoms with van der Waals surface area (Å²) in [6.07, 6.45) is 1.49. The molecule has 0 aliphatic carbocycles. The third-order valence-corrected chi connectivity index (χ3v) is 3.55. The van der Waals surface area contributed by atoms with Crippen molar-refractivity contribution in [3.05, 3.63) is 58.5 Å². The number of carbonyl (C=O) groups is 1. The number of hydrazone groups is 1. The second kappa shape index (κ2) is 5.01. The quantitative estimate of drug-likeness (QED) is 0.885. The lowest BCUT2D eigenvalue weighted by Crippen LogP contribution is -2.21. The Morgan fingerprint density at radius 1 is 1.37 bits per heavy atom. The van der Waals surface area contributed by atoms with Crippen molar-refractivity contribution in [2.45, 2.75) is 5.92 Å². The molecule has 0 bridgehead atoms. The van der Waals surface area contributed by atoms with Gasteiger partial charge < -0.3 is 9.84 Å². The highest BCUT2D eigenvalue weighted by Gasteiger charge is 2.30. The van der Waals surface area contributed by atoms with Gasteiger partial charge in [0.2, 0.25) is 5.78 Å². The van der Waals surface area contributed by atoms with Crippen molar-refractivity contribution < 1.29 is 9.21 Å². The number of rotatable bonds is 3. The smallest absolute Gasteiger partial charge is 0.244 e. The number of nitrogens with zero attached hydrogens (tertiary/aromatic N) is 1. The minimum atomic E-state index is -0.167. The van der Waals surface area contributed by atoms with Gasteiger partial charge in [-0.2, -0.15) is 5.10 Å². The average molecular weight is 319 g/mol. The van der Waals surface area contributed by atoms with Gasteiger partial charge in [-0.1, -0.05) is 28.1 Å². The van der Waals surface area contributed by atoms with Gasteiger partial charge in [0.1, 0.15) is 5.71 Å². The maximum Gasteiger partial charge on any atom is 0.244 e. The van der Waals surface area contributed by atoms with E-state index in [4.69, 9.17) is 4.42 Å². The van der Waals surface area contributed by atoms with E-state index < -0.39 is 0 Å². The molecule has 2 aromatic rings. The van der Waals surface area contributed by atoms with E-state index in [1.807, 2.05) is 24.3 Å². The predicted octanol–water partition coefficient (Wildman–Crippen LogP) is 2.97. The zero-order valence-corrected chi connectivity index (χ0v) is 11.6. The predicted molar refractivity (Wildman–Crippen MR) is 75.4 cm³/mol. The first-order chi connectivity index (χ1) is 9.25. The lowest BCUT2D eigenvalue weighted by molar-refractivity contribution is 0.103. The fourth-order valence-electron chi connectivity index (χ4n) is 2.14. The minimum absolute atomic E-state index is 0.0462. The van der Waals surface area contributed by atoms with Crippen LogP contribution in [0, 0.1) is 0 Å². The number of hydrogen-bond acceptors (Lipinski definition) is 4. The first-order valence-electron chi connectivity index (χ1n) is 5.90. The Morgan fingerprint density at radius 3 is 3.00 bits per heavy atom. The third kappa shape index (κ3) is 2.33. The van der Waals surface area contributed by atoms with Crippen molar-refractivity contribution in [2.75, 3.05) is 6.54 Å². The molecule has 1 atom stereocenters. The Morgan fingerprint density at radius 2 is 2.26 bits per heavy atom. The SMILES string of the molecule is O=C(C1=NNCC1c1cccc(Br)c1)c1ccco1. The van der Waals surface area contributed by atoms with Gasteiger partial charge >= 0.3 is 0 Å². The number of benzene rings is 1. The van der Waals surface area contributed by atoms with Gasteiger partial charge in [-0.3, -0.25) is 4.79 Å². The molecule has 0 radical (unpaired) electrons. The first kappa shape index (κ1) is 12.2. The standard InChI is InChI=1S/C14H11BrN2O2/c15-10-4-1-3-9(7-10)11-8-16-17-13(11)14(18)12-5-2-6-19-12/h1-7,11,16H,8H2. The number of Topliss-reactive ketones (excluding diaryl/α,β-unsaturated/α-hetero) is 1. The second-order valence-corrected chi connectivity index (χ2v) is 5.19. The maximum absolute atomic E-state index is 12.3. The van der Waals surface area contributed by atoms with Crippen LogP contribution in [0.2, 0.25) is 0 Å². The van der Waals surface area contributed by atoms with E-state index in [0.717, 1.165) is 10.0 Å². The Balaban J connectivity index is 1.92. The Kier molecular flexibility index (Phi) is 3.21. The van der Waals surface area contributed by atoms with Crippen LogP contribution in [0.1, 0.15) is 22.0 Å². The summed E-state index contributed by atoms with van der Waals surface area (Å²) < 4.78 is 6.14. The van der Waals surface area contributed by atoms with Crippen LogP contribution in [0.15, 0.2) is 56.7 Å². The number of halogens is 1. The topological polar surface area (TPSA) is 54.6 Å². The number of nitrogens with one attached hydrogen (secondary N) is 1. The molecule has 1 aromatic heterocycles. The molecule has 0 saturated carbocycles. The van der Waals surface area contributed by atoms with Gasteiger partial charge in [0, 0.05) is 11.0 Å². The summed E-state index contributed by atoms with van der Waals surface area (Å²) in [6.45, 7) is 0.623. The van der Waals surface area contributed by atoms with E-state index in [0.29, 0.717) is 18.0 Å². The van der Waals surface area contributed by atoms with E-state index in [1.54, 1.807) is 12.1 Å². The lowest BCUT2D eigenvalue weighted by Gasteiger charge is -2.11. The molecule has 5 heteroatoms. The molecule has 19 heavy (non-hydrogen) atoms. The van der Waals surface area contributed by atoms with Gasteiger partial charge in [-0.25, -0.2) is 0 Å². The molecular weight excluding hydrogens is 308 g/mol. The van der Waals surface area contributed by atoms with E-state index in [2.05, 4.69) is 26.5 Å². The van der Waals surface area contributed by atoms with Gasteiger partial charge in [-0.15, -0.1) is 0 Å². The number of ketones is 1. The van der Waals surface area contributed by atoms with Crippen molar-refractivity contribution in [3.63, 3.8) is 0 Å². The molecule has 0 amide bonds. The van der Waals surface area contributed by atoms with Gasteiger partial charge in [0.15, 0.2) is 5.76 Å². The van der Waals surface area contributed by atoms with Gasteiger partial charge in [-0.05, 0) is 29.8 Å². The summed E-state index contributed by atoms with van der Waals surface area (Å²) in [5, 5.41) is 4.12. The highest BCUT2D eigenvalue weighted by atomic mass is 79.9. The Labute approximate surface area is 118 Å². The third-order valence-electron chi connectivity index (χ3n) is 3.05. The van der Waals surface area contributed by atoms with Crippen LogP contribution in [0.5, 0.6) is 0 Å². The molecule has 0 spiro atoms. The van der Waals surface area contributed by atoms with Crippen LogP contribution in [-0.4, -0.2) is 18.0 Å². The van der Waals surface area contributed by atoms with Crippen LogP contribution in [0.3, 0.4) is 0 Å². The highest BCUT2D eigenvalue weighted by molar-refractivity contribution is 9.10. The van der Waals surface area contributed by atoms with E-state index in [1.165, 1.54) is 6.26 Å². The molecule has 0 saturated heterocycles. The summed E-state index contributed by atoms with van der Waals surface area (Å²) in [5.74, 6) is 0.109.